The summed E-state index contributed by atoms with van der Waals surface area (Å²) >= 11 is 0. The van der Waals surface area contributed by atoms with Crippen LogP contribution in [0.25, 0.3) is 29.1 Å². The van der Waals surface area contributed by atoms with Gasteiger partial charge in [0.05, 0.1) is 17.1 Å². The molecule has 0 aliphatic rings. The minimum Gasteiger partial charge on any atom is -0.233 e. The van der Waals surface area contributed by atoms with Crippen molar-refractivity contribution in [1.82, 2.24) is 9.78 Å². The van der Waals surface area contributed by atoms with E-state index in [4.69, 9.17) is 5.10 Å². The summed E-state index contributed by atoms with van der Waals surface area (Å²) in [6.45, 7) is 16.4. The smallest absolute Gasteiger partial charge is 0.0862 e. The Morgan fingerprint density at radius 2 is 0.930 bits per heavy atom. The predicted octanol–water partition coefficient (Wildman–Crippen LogP) is 17.4. The topological polar surface area (TPSA) is 17.8 Å². The largest absolute Gasteiger partial charge is 0.233 e. The summed E-state index contributed by atoms with van der Waals surface area (Å²) in [7, 11) is 0. The standard InChI is InChI=1S/C55H82N2/c1-8-10-12-14-16-18-20-22-24-26-28-46-30-32-48(33-31-46)36-41-51-44-53(57(56-51)52-42-39-50(40-43-52)55(6,7)45-54(3,4)5)49-37-34-47(35-38-49)29-27-25-23-21-19-17-15-13-11-9-2/h30-44H,8-29,45H2,1-7H3. The molecule has 0 fully saturated rings. The molecule has 0 N–H and O–H groups in total. The molecule has 0 unspecified atom stereocenters. The summed E-state index contributed by atoms with van der Waals surface area (Å²) in [5.41, 5.74) is 10.3. The summed E-state index contributed by atoms with van der Waals surface area (Å²) in [6.07, 6.45) is 35.5. The van der Waals surface area contributed by atoms with Gasteiger partial charge in [-0.3, -0.25) is 0 Å². The molecule has 0 aliphatic carbocycles. The van der Waals surface area contributed by atoms with E-state index in [0.29, 0.717) is 0 Å². The van der Waals surface area contributed by atoms with E-state index in [2.05, 4.69) is 144 Å². The van der Waals surface area contributed by atoms with E-state index in [9.17, 15) is 0 Å². The number of aromatic nitrogens is 2. The fourth-order valence-corrected chi connectivity index (χ4v) is 8.82. The van der Waals surface area contributed by atoms with Crippen LogP contribution >= 0.6 is 0 Å². The molecule has 4 aromatic rings. The maximum Gasteiger partial charge on any atom is 0.0862 e. The third kappa shape index (κ3) is 17.6. The average Bonchev–Trinajstić information content (AvgIpc) is 3.63. The molecule has 0 saturated heterocycles. The summed E-state index contributed by atoms with van der Waals surface area (Å²) in [4.78, 5) is 0. The maximum absolute atomic E-state index is 5.19. The van der Waals surface area contributed by atoms with Crippen molar-refractivity contribution < 1.29 is 0 Å². The quantitative estimate of drug-likeness (QED) is 0.0526. The first kappa shape index (κ1) is 46.3. The van der Waals surface area contributed by atoms with E-state index in [1.54, 1.807) is 0 Å². The van der Waals surface area contributed by atoms with Crippen molar-refractivity contribution in [2.45, 2.75) is 202 Å². The van der Waals surface area contributed by atoms with E-state index in [0.717, 1.165) is 29.9 Å². The van der Waals surface area contributed by atoms with Crippen molar-refractivity contribution in [3.05, 3.63) is 107 Å². The Hall–Kier alpha value is -3.39. The molecule has 57 heavy (non-hydrogen) atoms. The number of nitrogens with zero attached hydrogens (tertiary/aromatic N) is 2. The molecule has 0 atom stereocenters. The van der Waals surface area contributed by atoms with Crippen LogP contribution in [0.15, 0.2) is 78.9 Å². The van der Waals surface area contributed by atoms with Gasteiger partial charge in [-0.1, -0.05) is 231 Å². The summed E-state index contributed by atoms with van der Waals surface area (Å²) < 4.78 is 2.15. The van der Waals surface area contributed by atoms with Gasteiger partial charge in [0, 0.05) is 5.56 Å². The Bertz CT molecular complexity index is 1660. The highest BCUT2D eigenvalue weighted by atomic mass is 15.3. The van der Waals surface area contributed by atoms with Crippen molar-refractivity contribution in [1.29, 1.82) is 0 Å². The number of aryl methyl sites for hydroxylation is 2. The van der Waals surface area contributed by atoms with E-state index in [-0.39, 0.29) is 10.8 Å². The van der Waals surface area contributed by atoms with Crippen molar-refractivity contribution in [2.24, 2.45) is 5.41 Å². The van der Waals surface area contributed by atoms with Crippen LogP contribution in [0.1, 0.15) is 211 Å². The van der Waals surface area contributed by atoms with Crippen LogP contribution in [0.4, 0.5) is 0 Å². The normalized spacial score (nSPS) is 12.3. The van der Waals surface area contributed by atoms with Crippen LogP contribution in [-0.4, -0.2) is 9.78 Å². The number of hydrogen-bond acceptors (Lipinski definition) is 1. The van der Waals surface area contributed by atoms with Crippen LogP contribution in [0.2, 0.25) is 0 Å². The first-order valence-electron chi connectivity index (χ1n) is 23.7. The molecule has 1 aromatic heterocycles. The Labute approximate surface area is 351 Å². The molecule has 0 aliphatic heterocycles. The highest BCUT2D eigenvalue weighted by Crippen LogP contribution is 2.37. The van der Waals surface area contributed by atoms with Gasteiger partial charge in [0.1, 0.15) is 0 Å². The lowest BCUT2D eigenvalue weighted by Gasteiger charge is -2.33. The molecule has 0 spiro atoms. The molecule has 0 saturated carbocycles. The minimum atomic E-state index is 0.102. The van der Waals surface area contributed by atoms with Crippen molar-refractivity contribution in [3.8, 4) is 16.9 Å². The average molecular weight is 771 g/mol. The zero-order valence-electron chi connectivity index (χ0n) is 37.8. The van der Waals surface area contributed by atoms with Gasteiger partial charge >= 0.3 is 0 Å². The Kier molecular flexibility index (Phi) is 20.4. The molecule has 0 radical (unpaired) electrons. The van der Waals surface area contributed by atoms with Gasteiger partial charge in [0.15, 0.2) is 0 Å². The molecule has 0 bridgehead atoms. The lowest BCUT2D eigenvalue weighted by molar-refractivity contribution is 0.284. The Morgan fingerprint density at radius 3 is 1.39 bits per heavy atom. The summed E-state index contributed by atoms with van der Waals surface area (Å²) in [5, 5.41) is 5.19. The first-order valence-corrected chi connectivity index (χ1v) is 23.7. The summed E-state index contributed by atoms with van der Waals surface area (Å²) in [5.74, 6) is 0. The lowest BCUT2D eigenvalue weighted by atomic mass is 9.72. The van der Waals surface area contributed by atoms with Crippen molar-refractivity contribution >= 4 is 12.2 Å². The second-order valence-corrected chi connectivity index (χ2v) is 19.2. The molecular formula is C55H82N2. The number of rotatable bonds is 28. The highest BCUT2D eigenvalue weighted by Gasteiger charge is 2.27. The van der Waals surface area contributed by atoms with Crippen LogP contribution in [-0.2, 0) is 18.3 Å². The fraction of sp³-hybridized carbons (Fsp3) is 0.582. The van der Waals surface area contributed by atoms with Crippen LogP contribution in [0.5, 0.6) is 0 Å². The van der Waals surface area contributed by atoms with Gasteiger partial charge in [-0.15, -0.1) is 0 Å². The molecule has 4 rings (SSSR count). The molecule has 1 heterocycles. The maximum atomic E-state index is 5.19. The zero-order valence-corrected chi connectivity index (χ0v) is 37.8. The van der Waals surface area contributed by atoms with Gasteiger partial charge in [0.2, 0.25) is 0 Å². The van der Waals surface area contributed by atoms with E-state index in [1.165, 1.54) is 163 Å². The molecule has 312 valence electrons. The second-order valence-electron chi connectivity index (χ2n) is 19.2. The predicted molar refractivity (Wildman–Crippen MR) is 253 cm³/mol. The third-order valence-corrected chi connectivity index (χ3v) is 11.9. The van der Waals surface area contributed by atoms with Gasteiger partial charge in [-0.2, -0.15) is 5.10 Å². The Morgan fingerprint density at radius 1 is 0.491 bits per heavy atom. The van der Waals surface area contributed by atoms with E-state index < -0.39 is 0 Å². The minimum absolute atomic E-state index is 0.102. The van der Waals surface area contributed by atoms with Gasteiger partial charge in [0.25, 0.3) is 0 Å². The van der Waals surface area contributed by atoms with Crippen LogP contribution < -0.4 is 0 Å². The molecular weight excluding hydrogens is 689 g/mol. The molecule has 2 heteroatoms. The second kappa shape index (κ2) is 25.2. The van der Waals surface area contributed by atoms with Crippen molar-refractivity contribution in [2.75, 3.05) is 0 Å². The third-order valence-electron chi connectivity index (χ3n) is 11.9. The van der Waals surface area contributed by atoms with E-state index in [1.807, 2.05) is 0 Å². The van der Waals surface area contributed by atoms with E-state index >= 15 is 0 Å². The Balaban J connectivity index is 1.38. The van der Waals surface area contributed by atoms with Crippen LogP contribution in [0, 0.1) is 5.41 Å². The number of unbranched alkanes of at least 4 members (excludes halogenated alkanes) is 18. The summed E-state index contributed by atoms with van der Waals surface area (Å²) in [6, 6.07) is 29.9. The zero-order chi connectivity index (χ0) is 40.8. The van der Waals surface area contributed by atoms with Crippen LogP contribution in [0.3, 0.4) is 0 Å². The first-order chi connectivity index (χ1) is 27.6. The molecule has 0 amide bonds. The van der Waals surface area contributed by atoms with Crippen molar-refractivity contribution in [3.63, 3.8) is 0 Å². The fourth-order valence-electron chi connectivity index (χ4n) is 8.82. The van der Waals surface area contributed by atoms with Gasteiger partial charge in [-0.05, 0) is 89.5 Å². The highest BCUT2D eigenvalue weighted by molar-refractivity contribution is 5.72. The van der Waals surface area contributed by atoms with Gasteiger partial charge in [-0.25, -0.2) is 4.68 Å². The monoisotopic (exact) mass is 771 g/mol. The number of benzene rings is 3. The molecule has 2 nitrogen and oxygen atoms in total. The number of hydrogen-bond donors (Lipinski definition) is 0. The lowest BCUT2D eigenvalue weighted by Crippen LogP contribution is -2.24. The molecule has 3 aromatic carbocycles. The van der Waals surface area contributed by atoms with Gasteiger partial charge < -0.3 is 0 Å². The SMILES string of the molecule is CCCCCCCCCCCCc1ccc(C=Cc2cc(-c3ccc(CCCCCCCCCCCC)cc3)n(-c3ccc(C(C)(C)CC(C)(C)C)cc3)n2)cc1.